The van der Waals surface area contributed by atoms with Crippen molar-refractivity contribution in [1.82, 2.24) is 9.97 Å². The zero-order valence-corrected chi connectivity index (χ0v) is 11.9. The second kappa shape index (κ2) is 6.48. The summed E-state index contributed by atoms with van der Waals surface area (Å²) in [4.78, 5) is 37.9. The third-order valence-corrected chi connectivity index (χ3v) is 2.39. The SMILES string of the molecule is CC(=O)ON=C(N)C(=NOC(C)=O)c1nc2ccccc2[nH]1. The van der Waals surface area contributed by atoms with Crippen LogP contribution in [0.2, 0.25) is 0 Å². The van der Waals surface area contributed by atoms with E-state index in [9.17, 15) is 9.59 Å². The Bertz CT molecular complexity index is 745. The third kappa shape index (κ3) is 3.66. The van der Waals surface area contributed by atoms with E-state index >= 15 is 0 Å². The summed E-state index contributed by atoms with van der Waals surface area (Å²) in [7, 11) is 0. The first-order valence-electron chi connectivity index (χ1n) is 6.19. The molecule has 114 valence electrons. The normalized spacial score (nSPS) is 12.3. The summed E-state index contributed by atoms with van der Waals surface area (Å²) in [6.45, 7) is 2.35. The molecular formula is C13H13N5O4. The number of aromatic nitrogens is 2. The Morgan fingerprint density at radius 2 is 1.77 bits per heavy atom. The van der Waals surface area contributed by atoms with Crippen molar-refractivity contribution in [3.63, 3.8) is 0 Å². The summed E-state index contributed by atoms with van der Waals surface area (Å²) < 4.78 is 0. The highest BCUT2D eigenvalue weighted by molar-refractivity contribution is 6.46. The maximum atomic E-state index is 10.9. The van der Waals surface area contributed by atoms with Crippen LogP contribution in [-0.4, -0.2) is 33.5 Å². The maximum absolute atomic E-state index is 10.9. The van der Waals surface area contributed by atoms with E-state index in [1.54, 1.807) is 12.1 Å². The second-order valence-electron chi connectivity index (χ2n) is 4.18. The number of aromatic amines is 1. The lowest BCUT2D eigenvalue weighted by Crippen LogP contribution is -2.27. The molecule has 2 aromatic rings. The van der Waals surface area contributed by atoms with Crippen molar-refractivity contribution in [3.8, 4) is 0 Å². The Morgan fingerprint density at radius 3 is 2.41 bits per heavy atom. The van der Waals surface area contributed by atoms with Gasteiger partial charge in [0, 0.05) is 13.8 Å². The van der Waals surface area contributed by atoms with Gasteiger partial charge in [-0.1, -0.05) is 22.4 Å². The number of hydrogen-bond acceptors (Lipinski definition) is 7. The molecule has 22 heavy (non-hydrogen) atoms. The highest BCUT2D eigenvalue weighted by atomic mass is 16.7. The van der Waals surface area contributed by atoms with Gasteiger partial charge in [-0.05, 0) is 12.1 Å². The number of nitrogens with zero attached hydrogens (tertiary/aromatic N) is 3. The van der Waals surface area contributed by atoms with Gasteiger partial charge in [0.15, 0.2) is 17.4 Å². The molecule has 0 spiro atoms. The first-order chi connectivity index (χ1) is 10.5. The molecule has 0 bridgehead atoms. The number of H-pyrrole nitrogens is 1. The van der Waals surface area contributed by atoms with E-state index < -0.39 is 11.9 Å². The Hall–Kier alpha value is -3.23. The minimum absolute atomic E-state index is 0.0624. The minimum atomic E-state index is -0.653. The van der Waals surface area contributed by atoms with E-state index in [1.165, 1.54) is 13.8 Å². The van der Waals surface area contributed by atoms with Crippen molar-refractivity contribution in [1.29, 1.82) is 0 Å². The molecule has 0 unspecified atom stereocenters. The van der Waals surface area contributed by atoms with Gasteiger partial charge in [-0.15, -0.1) is 0 Å². The number of hydrogen-bond donors (Lipinski definition) is 2. The average molecular weight is 303 g/mol. The third-order valence-electron chi connectivity index (χ3n) is 2.39. The molecule has 0 atom stereocenters. The predicted molar refractivity (Wildman–Crippen MR) is 77.8 cm³/mol. The summed E-state index contributed by atoms with van der Waals surface area (Å²) in [6.07, 6.45) is 0. The first-order valence-corrected chi connectivity index (χ1v) is 6.19. The summed E-state index contributed by atoms with van der Waals surface area (Å²) in [5, 5.41) is 7.00. The Kier molecular flexibility index (Phi) is 4.47. The van der Waals surface area contributed by atoms with Crippen molar-refractivity contribution in [2.75, 3.05) is 0 Å². The Morgan fingerprint density at radius 1 is 1.14 bits per heavy atom. The van der Waals surface area contributed by atoms with E-state index in [0.29, 0.717) is 5.52 Å². The van der Waals surface area contributed by atoms with Crippen molar-refractivity contribution in [3.05, 3.63) is 30.1 Å². The van der Waals surface area contributed by atoms with Crippen LogP contribution in [0.4, 0.5) is 0 Å². The lowest BCUT2D eigenvalue weighted by Gasteiger charge is -2.01. The lowest BCUT2D eigenvalue weighted by atomic mass is 10.3. The van der Waals surface area contributed by atoms with Crippen LogP contribution in [0.1, 0.15) is 19.7 Å². The van der Waals surface area contributed by atoms with Crippen LogP contribution >= 0.6 is 0 Å². The molecule has 0 saturated carbocycles. The van der Waals surface area contributed by atoms with E-state index in [4.69, 9.17) is 5.73 Å². The van der Waals surface area contributed by atoms with E-state index in [1.807, 2.05) is 12.1 Å². The Balaban J connectivity index is 2.43. The fourth-order valence-corrected chi connectivity index (χ4v) is 1.54. The van der Waals surface area contributed by atoms with Crippen molar-refractivity contribution in [2.45, 2.75) is 13.8 Å². The molecule has 9 heteroatoms. The smallest absolute Gasteiger partial charge is 0.332 e. The molecule has 2 rings (SSSR count). The van der Waals surface area contributed by atoms with Crippen LogP contribution in [-0.2, 0) is 19.3 Å². The highest BCUT2D eigenvalue weighted by Gasteiger charge is 2.16. The molecule has 0 aliphatic carbocycles. The molecule has 1 aromatic heterocycles. The van der Waals surface area contributed by atoms with Crippen LogP contribution in [0, 0.1) is 0 Å². The van der Waals surface area contributed by atoms with E-state index in [0.717, 1.165) is 5.52 Å². The van der Waals surface area contributed by atoms with Crippen LogP contribution in [0.25, 0.3) is 11.0 Å². The highest BCUT2D eigenvalue weighted by Crippen LogP contribution is 2.11. The van der Waals surface area contributed by atoms with Crippen molar-refractivity contribution >= 4 is 34.5 Å². The molecule has 0 radical (unpaired) electrons. The monoisotopic (exact) mass is 303 g/mol. The van der Waals surface area contributed by atoms with Crippen molar-refractivity contribution < 1.29 is 19.3 Å². The minimum Gasteiger partial charge on any atom is -0.379 e. The number of imidazole rings is 1. The average Bonchev–Trinajstić information content (AvgIpc) is 2.88. The quantitative estimate of drug-likeness (QED) is 0.369. The van der Waals surface area contributed by atoms with Gasteiger partial charge in [0.05, 0.1) is 11.0 Å². The maximum Gasteiger partial charge on any atom is 0.332 e. The van der Waals surface area contributed by atoms with Gasteiger partial charge in [0.2, 0.25) is 0 Å². The molecule has 0 amide bonds. The number of fused-ring (bicyclic) bond motifs is 1. The summed E-state index contributed by atoms with van der Waals surface area (Å²) >= 11 is 0. The number of rotatable bonds is 4. The van der Waals surface area contributed by atoms with Gasteiger partial charge in [-0.25, -0.2) is 14.6 Å². The largest absolute Gasteiger partial charge is 0.379 e. The topological polar surface area (TPSA) is 132 Å². The molecule has 0 aliphatic heterocycles. The molecule has 1 heterocycles. The molecule has 9 nitrogen and oxygen atoms in total. The number of amidine groups is 1. The second-order valence-corrected chi connectivity index (χ2v) is 4.18. The summed E-state index contributed by atoms with van der Waals surface area (Å²) in [6, 6.07) is 7.21. The van der Waals surface area contributed by atoms with Crippen LogP contribution in [0.15, 0.2) is 34.6 Å². The lowest BCUT2D eigenvalue weighted by molar-refractivity contribution is -0.142. The number of oxime groups is 2. The molecule has 3 N–H and O–H groups in total. The number of nitrogens with one attached hydrogen (secondary N) is 1. The van der Waals surface area contributed by atoms with Crippen LogP contribution in [0.5, 0.6) is 0 Å². The van der Waals surface area contributed by atoms with Gasteiger partial charge in [-0.2, -0.15) is 0 Å². The first kappa shape index (κ1) is 15.2. The number of carbonyl (C=O) groups is 2. The fraction of sp³-hybridized carbons (Fsp3) is 0.154. The summed E-state index contributed by atoms with van der Waals surface area (Å²) in [5.41, 5.74) is 7.03. The Labute approximate surface area is 124 Å². The number of para-hydroxylation sites is 2. The van der Waals surface area contributed by atoms with Gasteiger partial charge < -0.3 is 20.4 Å². The van der Waals surface area contributed by atoms with Gasteiger partial charge in [0.1, 0.15) is 0 Å². The van der Waals surface area contributed by atoms with Crippen LogP contribution < -0.4 is 5.73 Å². The number of carbonyl (C=O) groups excluding carboxylic acids is 2. The molecule has 0 aliphatic rings. The van der Waals surface area contributed by atoms with E-state index in [-0.39, 0.29) is 17.4 Å². The number of nitrogens with two attached hydrogens (primary N) is 1. The molecule has 0 fully saturated rings. The number of benzene rings is 1. The predicted octanol–water partition coefficient (Wildman–Crippen LogP) is 0.665. The standard InChI is InChI=1S/C13H13N5O4/c1-7(19)21-17-11(12(14)18-22-8(2)20)13-15-9-5-3-4-6-10(9)16-13/h3-6H,1-2H3,(H2,14,18)(H,15,16). The fourth-order valence-electron chi connectivity index (χ4n) is 1.54. The molecular weight excluding hydrogens is 290 g/mol. The van der Waals surface area contributed by atoms with Crippen LogP contribution in [0.3, 0.4) is 0 Å². The van der Waals surface area contributed by atoms with Gasteiger partial charge >= 0.3 is 11.9 Å². The molecule has 0 saturated heterocycles. The van der Waals surface area contributed by atoms with Crippen molar-refractivity contribution in [2.24, 2.45) is 16.0 Å². The zero-order valence-electron chi connectivity index (χ0n) is 11.9. The molecule has 1 aromatic carbocycles. The van der Waals surface area contributed by atoms with Gasteiger partial charge in [0.25, 0.3) is 0 Å². The van der Waals surface area contributed by atoms with E-state index in [2.05, 4.69) is 30.0 Å². The zero-order chi connectivity index (χ0) is 16.1. The summed E-state index contributed by atoms with van der Waals surface area (Å²) in [5.74, 6) is -1.35. The van der Waals surface area contributed by atoms with Gasteiger partial charge in [-0.3, -0.25) is 0 Å².